The van der Waals surface area contributed by atoms with Crippen LogP contribution in [0, 0.1) is 12.8 Å². The molecule has 6 nitrogen and oxygen atoms in total. The van der Waals surface area contributed by atoms with Crippen LogP contribution < -0.4 is 15.4 Å². The molecule has 1 aromatic carbocycles. The molecule has 1 unspecified atom stereocenters. The molecule has 0 aliphatic carbocycles. The normalized spacial score (nSPS) is 17.4. The first-order valence-corrected chi connectivity index (χ1v) is 10.3. The van der Waals surface area contributed by atoms with Crippen LogP contribution in [-0.4, -0.2) is 70.6 Å². The third kappa shape index (κ3) is 9.21. The fourth-order valence-corrected chi connectivity index (χ4v) is 3.21. The largest absolute Gasteiger partial charge is 0.493 e. The Bertz CT molecular complexity index is 677. The van der Waals surface area contributed by atoms with Crippen LogP contribution in [0.3, 0.4) is 0 Å². The van der Waals surface area contributed by atoms with Crippen molar-refractivity contribution in [3.63, 3.8) is 0 Å². The smallest absolute Gasteiger partial charge is 0.401 e. The first-order chi connectivity index (χ1) is 14.3. The molecular weight excluding hydrogens is 397 g/mol. The molecule has 1 fully saturated rings. The number of hydrogen-bond donors (Lipinski definition) is 2. The van der Waals surface area contributed by atoms with Gasteiger partial charge in [-0.05, 0) is 45.0 Å². The molecule has 1 aliphatic rings. The molecule has 0 bridgehead atoms. The molecule has 0 aromatic heterocycles. The summed E-state index contributed by atoms with van der Waals surface area (Å²) in [6, 6.07) is 6.09. The van der Waals surface area contributed by atoms with Crippen LogP contribution in [0.4, 0.5) is 13.2 Å². The number of benzene rings is 1. The number of rotatable bonds is 10. The van der Waals surface area contributed by atoms with Crippen molar-refractivity contribution in [2.24, 2.45) is 10.9 Å². The average molecular weight is 431 g/mol. The molecule has 0 radical (unpaired) electrons. The quantitative estimate of drug-likeness (QED) is 0.340. The van der Waals surface area contributed by atoms with Crippen LogP contribution >= 0.6 is 0 Å². The van der Waals surface area contributed by atoms with E-state index >= 15 is 0 Å². The van der Waals surface area contributed by atoms with Gasteiger partial charge in [0.2, 0.25) is 0 Å². The molecular formula is C21H33F3N4O2. The van der Waals surface area contributed by atoms with Gasteiger partial charge in [-0.15, -0.1) is 0 Å². The van der Waals surface area contributed by atoms with Crippen molar-refractivity contribution < 1.29 is 22.6 Å². The minimum absolute atomic E-state index is 0.352. The van der Waals surface area contributed by atoms with Gasteiger partial charge < -0.3 is 20.1 Å². The standard InChI is InChI=1S/C21H33F3N4O2/c1-16-5-6-18(19(11-16)30-14-17-7-10-29-13-17)12-27-20(25-2)26-8-4-9-28(3)15-21(22,23)24/h5-6,11,17H,4,7-10,12-15H2,1-3H3,(H2,25,26,27). The number of ether oxygens (including phenoxy) is 2. The number of hydrogen-bond acceptors (Lipinski definition) is 4. The molecule has 1 atom stereocenters. The fraction of sp³-hybridized carbons (Fsp3) is 0.667. The van der Waals surface area contributed by atoms with Gasteiger partial charge >= 0.3 is 6.18 Å². The number of guanidine groups is 1. The van der Waals surface area contributed by atoms with Crippen LogP contribution in [0.25, 0.3) is 0 Å². The van der Waals surface area contributed by atoms with Gasteiger partial charge in [0.15, 0.2) is 5.96 Å². The zero-order chi connectivity index (χ0) is 22.0. The molecule has 0 amide bonds. The van der Waals surface area contributed by atoms with Gasteiger partial charge in [-0.3, -0.25) is 9.89 Å². The SMILES string of the molecule is CN=C(NCCCN(C)CC(F)(F)F)NCc1ccc(C)cc1OCC1CCOC1. The minimum atomic E-state index is -4.17. The van der Waals surface area contributed by atoms with Crippen molar-refractivity contribution in [2.75, 3.05) is 53.6 Å². The summed E-state index contributed by atoms with van der Waals surface area (Å²) >= 11 is 0. The molecule has 0 spiro atoms. The Morgan fingerprint density at radius 1 is 1.33 bits per heavy atom. The molecule has 1 aromatic rings. The van der Waals surface area contributed by atoms with E-state index in [0.29, 0.717) is 44.5 Å². The van der Waals surface area contributed by atoms with Crippen LogP contribution in [-0.2, 0) is 11.3 Å². The number of aliphatic imine (C=N–C) groups is 1. The first kappa shape index (κ1) is 24.3. The second-order valence-electron chi connectivity index (χ2n) is 7.71. The first-order valence-electron chi connectivity index (χ1n) is 10.3. The summed E-state index contributed by atoms with van der Waals surface area (Å²) in [4.78, 5) is 5.45. The summed E-state index contributed by atoms with van der Waals surface area (Å²) in [7, 11) is 3.13. The Balaban J connectivity index is 1.77. The summed E-state index contributed by atoms with van der Waals surface area (Å²) in [5.41, 5.74) is 2.15. The summed E-state index contributed by atoms with van der Waals surface area (Å²) in [5.74, 6) is 1.87. The van der Waals surface area contributed by atoms with E-state index < -0.39 is 12.7 Å². The van der Waals surface area contributed by atoms with E-state index in [4.69, 9.17) is 9.47 Å². The third-order valence-corrected chi connectivity index (χ3v) is 4.85. The van der Waals surface area contributed by atoms with E-state index in [2.05, 4.69) is 15.6 Å². The van der Waals surface area contributed by atoms with Gasteiger partial charge in [0.1, 0.15) is 5.75 Å². The Morgan fingerprint density at radius 3 is 2.80 bits per heavy atom. The number of halogens is 3. The van der Waals surface area contributed by atoms with E-state index in [-0.39, 0.29) is 0 Å². The number of aryl methyl sites for hydroxylation is 1. The summed E-state index contributed by atoms with van der Waals surface area (Å²) in [6.07, 6.45) is -2.57. The van der Waals surface area contributed by atoms with Crippen molar-refractivity contribution in [3.05, 3.63) is 29.3 Å². The number of nitrogens with one attached hydrogen (secondary N) is 2. The molecule has 1 heterocycles. The highest BCUT2D eigenvalue weighted by Gasteiger charge is 2.28. The van der Waals surface area contributed by atoms with Gasteiger partial charge in [-0.2, -0.15) is 13.2 Å². The predicted octanol–water partition coefficient (Wildman–Crippen LogP) is 2.96. The number of nitrogens with zero attached hydrogens (tertiary/aromatic N) is 2. The highest BCUT2D eigenvalue weighted by molar-refractivity contribution is 5.79. The van der Waals surface area contributed by atoms with Crippen molar-refractivity contribution in [1.82, 2.24) is 15.5 Å². The second-order valence-corrected chi connectivity index (χ2v) is 7.71. The topological polar surface area (TPSA) is 58.1 Å². The Hall–Kier alpha value is -2.00. The van der Waals surface area contributed by atoms with Crippen molar-refractivity contribution in [3.8, 4) is 5.75 Å². The van der Waals surface area contributed by atoms with Crippen LogP contribution in [0.5, 0.6) is 5.75 Å². The van der Waals surface area contributed by atoms with Crippen LogP contribution in [0.1, 0.15) is 24.0 Å². The fourth-order valence-electron chi connectivity index (χ4n) is 3.21. The predicted molar refractivity (Wildman–Crippen MR) is 112 cm³/mol. The Morgan fingerprint density at radius 2 is 2.13 bits per heavy atom. The summed E-state index contributed by atoms with van der Waals surface area (Å²) < 4.78 is 48.5. The molecule has 1 saturated heterocycles. The van der Waals surface area contributed by atoms with Gasteiger partial charge in [0.25, 0.3) is 0 Å². The molecule has 1 aliphatic heterocycles. The van der Waals surface area contributed by atoms with E-state index in [9.17, 15) is 13.2 Å². The van der Waals surface area contributed by atoms with Gasteiger partial charge in [0, 0.05) is 38.2 Å². The maximum atomic E-state index is 12.4. The van der Waals surface area contributed by atoms with Crippen LogP contribution in [0.2, 0.25) is 0 Å². The molecule has 2 N–H and O–H groups in total. The highest BCUT2D eigenvalue weighted by Crippen LogP contribution is 2.22. The van der Waals surface area contributed by atoms with Crippen LogP contribution in [0.15, 0.2) is 23.2 Å². The average Bonchev–Trinajstić information content (AvgIpc) is 3.19. The lowest BCUT2D eigenvalue weighted by atomic mass is 10.1. The van der Waals surface area contributed by atoms with Crippen molar-refractivity contribution in [2.45, 2.75) is 32.5 Å². The van der Waals surface area contributed by atoms with Gasteiger partial charge in [-0.1, -0.05) is 12.1 Å². The lowest BCUT2D eigenvalue weighted by Crippen LogP contribution is -2.39. The third-order valence-electron chi connectivity index (χ3n) is 4.85. The summed E-state index contributed by atoms with van der Waals surface area (Å²) in [5, 5.41) is 6.38. The highest BCUT2D eigenvalue weighted by atomic mass is 19.4. The van der Waals surface area contributed by atoms with E-state index in [1.165, 1.54) is 11.9 Å². The minimum Gasteiger partial charge on any atom is -0.493 e. The van der Waals surface area contributed by atoms with E-state index in [1.54, 1.807) is 7.05 Å². The summed E-state index contributed by atoms with van der Waals surface area (Å²) in [6.45, 7) is 4.71. The number of alkyl halides is 3. The second kappa shape index (κ2) is 12.0. The molecule has 0 saturated carbocycles. The Kier molecular flexibility index (Phi) is 9.71. The maximum absolute atomic E-state index is 12.4. The molecule has 30 heavy (non-hydrogen) atoms. The van der Waals surface area contributed by atoms with Crippen molar-refractivity contribution in [1.29, 1.82) is 0 Å². The lowest BCUT2D eigenvalue weighted by molar-refractivity contribution is -0.143. The van der Waals surface area contributed by atoms with E-state index in [0.717, 1.165) is 36.5 Å². The maximum Gasteiger partial charge on any atom is 0.401 e. The lowest BCUT2D eigenvalue weighted by Gasteiger charge is -2.19. The van der Waals surface area contributed by atoms with Gasteiger partial charge in [0.05, 0.1) is 19.8 Å². The monoisotopic (exact) mass is 430 g/mol. The van der Waals surface area contributed by atoms with Gasteiger partial charge in [-0.25, -0.2) is 0 Å². The van der Waals surface area contributed by atoms with Crippen molar-refractivity contribution >= 4 is 5.96 Å². The zero-order valence-corrected chi connectivity index (χ0v) is 18.0. The van der Waals surface area contributed by atoms with E-state index in [1.807, 2.05) is 25.1 Å². The molecule has 2 rings (SSSR count). The molecule has 9 heteroatoms. The zero-order valence-electron chi connectivity index (χ0n) is 18.0. The molecule has 170 valence electrons. The Labute approximate surface area is 176 Å².